The largest absolute Gasteiger partial charge is 0.373 e. The maximum absolute atomic E-state index is 12.5. The number of anilines is 2. The smallest absolute Gasteiger partial charge is 0.247 e. The average Bonchev–Trinajstić information content (AvgIpc) is 2.98. The minimum atomic E-state index is -0.554. The number of amides is 2. The number of hydrogen-bond acceptors (Lipinski definition) is 3. The molecule has 0 spiro atoms. The Bertz CT molecular complexity index is 837. The summed E-state index contributed by atoms with van der Waals surface area (Å²) in [7, 11) is 0. The molecule has 2 aliphatic heterocycles. The first kappa shape index (κ1) is 15.0. The Balaban J connectivity index is 1.45. The second kappa shape index (κ2) is 5.83. The van der Waals surface area contributed by atoms with Crippen LogP contribution in [0, 0.1) is 0 Å². The Kier molecular flexibility index (Phi) is 3.65. The van der Waals surface area contributed by atoms with Crippen LogP contribution in [0.3, 0.4) is 0 Å². The molecule has 2 heterocycles. The van der Waals surface area contributed by atoms with Gasteiger partial charge in [0.15, 0.2) is 0 Å². The number of halogens is 1. The van der Waals surface area contributed by atoms with E-state index >= 15 is 0 Å². The lowest BCUT2D eigenvalue weighted by atomic mass is 9.98. The minimum Gasteiger partial charge on any atom is -0.373 e. The standard InChI is InChI=1S/C18H16ClN3O2/c19-12-5-6-14-11(7-12)9-15(20-14)17(23)22-16-8-10-3-1-2-4-13(10)21-18(16)24/h1-7,15-16,20H,8-9H2,(H,21,24)(H,22,23). The predicted octanol–water partition coefficient (Wildman–Crippen LogP) is 2.36. The topological polar surface area (TPSA) is 70.2 Å². The van der Waals surface area contributed by atoms with Gasteiger partial charge in [-0.3, -0.25) is 9.59 Å². The number of fused-ring (bicyclic) bond motifs is 2. The highest BCUT2D eigenvalue weighted by atomic mass is 35.5. The van der Waals surface area contributed by atoms with Crippen molar-refractivity contribution >= 4 is 34.8 Å². The van der Waals surface area contributed by atoms with Gasteiger partial charge in [0.25, 0.3) is 0 Å². The quantitative estimate of drug-likeness (QED) is 0.785. The van der Waals surface area contributed by atoms with Gasteiger partial charge in [-0.05, 0) is 35.4 Å². The fourth-order valence-corrected chi connectivity index (χ4v) is 3.43. The SMILES string of the molecule is O=C1Nc2ccccc2CC1NC(=O)C1Cc2cc(Cl)ccc2N1. The summed E-state index contributed by atoms with van der Waals surface area (Å²) in [5.74, 6) is -0.359. The molecule has 2 aromatic rings. The summed E-state index contributed by atoms with van der Waals surface area (Å²) < 4.78 is 0. The average molecular weight is 342 g/mol. The van der Waals surface area contributed by atoms with Crippen LogP contribution in [0.1, 0.15) is 11.1 Å². The third-order valence-corrected chi connectivity index (χ3v) is 4.70. The van der Waals surface area contributed by atoms with Gasteiger partial charge in [0.2, 0.25) is 11.8 Å². The number of nitrogens with one attached hydrogen (secondary N) is 3. The lowest BCUT2D eigenvalue weighted by Gasteiger charge is -2.26. The van der Waals surface area contributed by atoms with Crippen LogP contribution in [0.5, 0.6) is 0 Å². The van der Waals surface area contributed by atoms with Crippen LogP contribution in [0.4, 0.5) is 11.4 Å². The molecule has 2 unspecified atom stereocenters. The summed E-state index contributed by atoms with van der Waals surface area (Å²) >= 11 is 5.99. The van der Waals surface area contributed by atoms with Crippen molar-refractivity contribution in [3.05, 3.63) is 58.6 Å². The van der Waals surface area contributed by atoms with Crippen molar-refractivity contribution in [3.63, 3.8) is 0 Å². The third-order valence-electron chi connectivity index (χ3n) is 4.47. The number of carbonyl (C=O) groups is 2. The van der Waals surface area contributed by atoms with Gasteiger partial charge < -0.3 is 16.0 Å². The van der Waals surface area contributed by atoms with E-state index in [1.165, 1.54) is 0 Å². The fraction of sp³-hybridized carbons (Fsp3) is 0.222. The van der Waals surface area contributed by atoms with E-state index in [1.54, 1.807) is 6.07 Å². The Labute approximate surface area is 144 Å². The molecule has 122 valence electrons. The van der Waals surface area contributed by atoms with Crippen LogP contribution >= 0.6 is 11.6 Å². The molecule has 0 fully saturated rings. The summed E-state index contributed by atoms with van der Waals surface area (Å²) in [6.45, 7) is 0. The van der Waals surface area contributed by atoms with Crippen LogP contribution in [-0.2, 0) is 22.4 Å². The molecule has 2 amide bonds. The van der Waals surface area contributed by atoms with Gasteiger partial charge in [0, 0.05) is 29.2 Å². The fourth-order valence-electron chi connectivity index (χ4n) is 3.23. The molecule has 4 rings (SSSR count). The molecule has 0 radical (unpaired) electrons. The van der Waals surface area contributed by atoms with E-state index in [1.807, 2.05) is 36.4 Å². The number of hydrogen-bond donors (Lipinski definition) is 3. The van der Waals surface area contributed by atoms with Gasteiger partial charge in [0.1, 0.15) is 12.1 Å². The van der Waals surface area contributed by atoms with Crippen LogP contribution in [-0.4, -0.2) is 23.9 Å². The molecule has 0 aliphatic carbocycles. The maximum Gasteiger partial charge on any atom is 0.247 e. The van der Waals surface area contributed by atoms with Crippen molar-refractivity contribution in [1.82, 2.24) is 5.32 Å². The van der Waals surface area contributed by atoms with Crippen LogP contribution < -0.4 is 16.0 Å². The molecule has 3 N–H and O–H groups in total. The van der Waals surface area contributed by atoms with E-state index in [0.29, 0.717) is 17.9 Å². The van der Waals surface area contributed by atoms with E-state index < -0.39 is 6.04 Å². The van der Waals surface area contributed by atoms with Gasteiger partial charge in [-0.1, -0.05) is 29.8 Å². The van der Waals surface area contributed by atoms with Gasteiger partial charge in [-0.2, -0.15) is 0 Å². The molecule has 2 atom stereocenters. The molecule has 0 bridgehead atoms. The van der Waals surface area contributed by atoms with Gasteiger partial charge in [-0.25, -0.2) is 0 Å². The first-order valence-electron chi connectivity index (χ1n) is 7.84. The highest BCUT2D eigenvalue weighted by Crippen LogP contribution is 2.29. The van der Waals surface area contributed by atoms with Crippen molar-refractivity contribution in [1.29, 1.82) is 0 Å². The van der Waals surface area contributed by atoms with E-state index in [-0.39, 0.29) is 17.9 Å². The van der Waals surface area contributed by atoms with E-state index in [0.717, 1.165) is 22.5 Å². The van der Waals surface area contributed by atoms with Crippen molar-refractivity contribution in [2.45, 2.75) is 24.9 Å². The van der Waals surface area contributed by atoms with Crippen molar-refractivity contribution in [2.24, 2.45) is 0 Å². The minimum absolute atomic E-state index is 0.179. The third kappa shape index (κ3) is 2.71. The number of rotatable bonds is 2. The lowest BCUT2D eigenvalue weighted by Crippen LogP contribution is -2.51. The van der Waals surface area contributed by atoms with E-state index in [9.17, 15) is 9.59 Å². The van der Waals surface area contributed by atoms with Crippen molar-refractivity contribution in [2.75, 3.05) is 10.6 Å². The van der Waals surface area contributed by atoms with Gasteiger partial charge in [0.05, 0.1) is 0 Å². The monoisotopic (exact) mass is 341 g/mol. The highest BCUT2D eigenvalue weighted by molar-refractivity contribution is 6.30. The number of carbonyl (C=O) groups excluding carboxylic acids is 2. The lowest BCUT2D eigenvalue weighted by molar-refractivity contribution is -0.127. The Hall–Kier alpha value is -2.53. The Morgan fingerprint density at radius 2 is 1.92 bits per heavy atom. The van der Waals surface area contributed by atoms with Crippen LogP contribution in [0.25, 0.3) is 0 Å². The zero-order chi connectivity index (χ0) is 16.7. The predicted molar refractivity (Wildman–Crippen MR) is 93.3 cm³/mol. The Morgan fingerprint density at radius 3 is 2.79 bits per heavy atom. The molecule has 6 heteroatoms. The molecule has 0 saturated heterocycles. The van der Waals surface area contributed by atoms with Crippen molar-refractivity contribution < 1.29 is 9.59 Å². The van der Waals surface area contributed by atoms with Crippen molar-refractivity contribution in [3.8, 4) is 0 Å². The normalized spacial score (nSPS) is 21.3. The number of benzene rings is 2. The summed E-state index contributed by atoms with van der Waals surface area (Å²) in [5, 5.41) is 9.53. The Morgan fingerprint density at radius 1 is 1.08 bits per heavy atom. The zero-order valence-corrected chi connectivity index (χ0v) is 13.6. The van der Waals surface area contributed by atoms with E-state index in [2.05, 4.69) is 16.0 Å². The highest BCUT2D eigenvalue weighted by Gasteiger charge is 2.32. The molecule has 0 saturated carbocycles. The zero-order valence-electron chi connectivity index (χ0n) is 12.8. The summed E-state index contributed by atoms with van der Waals surface area (Å²) in [5.41, 5.74) is 3.77. The second-order valence-corrected chi connectivity index (χ2v) is 6.55. The number of para-hydroxylation sites is 1. The summed E-state index contributed by atoms with van der Waals surface area (Å²) in [4.78, 5) is 24.7. The molecule has 2 aromatic carbocycles. The summed E-state index contributed by atoms with van der Waals surface area (Å²) in [6.07, 6.45) is 1.06. The second-order valence-electron chi connectivity index (χ2n) is 6.11. The maximum atomic E-state index is 12.5. The molecular weight excluding hydrogens is 326 g/mol. The van der Waals surface area contributed by atoms with Gasteiger partial charge >= 0.3 is 0 Å². The molecule has 2 aliphatic rings. The molecule has 0 aromatic heterocycles. The van der Waals surface area contributed by atoms with Crippen LogP contribution in [0.15, 0.2) is 42.5 Å². The molecular formula is C18H16ClN3O2. The van der Waals surface area contributed by atoms with Crippen LogP contribution in [0.2, 0.25) is 5.02 Å². The van der Waals surface area contributed by atoms with Gasteiger partial charge in [-0.15, -0.1) is 0 Å². The molecule has 24 heavy (non-hydrogen) atoms. The first-order chi connectivity index (χ1) is 11.6. The molecule has 5 nitrogen and oxygen atoms in total. The summed E-state index contributed by atoms with van der Waals surface area (Å²) in [6, 6.07) is 12.2. The van der Waals surface area contributed by atoms with E-state index in [4.69, 9.17) is 11.6 Å². The first-order valence-corrected chi connectivity index (χ1v) is 8.22.